The SMILES string of the molecule is O=C(CSCSCSCC[S+]([O-])CSCSCSCSC(=O)CSCSCSCCOOCCO)OCCO. The predicted molar refractivity (Wildman–Crippen MR) is 189 cm³/mol. The molecular weight excluding hydrogens is 721 g/mol. The van der Waals surface area contributed by atoms with Gasteiger partial charge >= 0.3 is 5.97 Å². The zero-order valence-corrected chi connectivity index (χ0v) is 30.5. The Morgan fingerprint density at radius 2 is 1.21 bits per heavy atom. The molecule has 1 unspecified atom stereocenters. The Hall–Kier alpha value is 2.79. The number of carbonyl (C=O) groups is 2. The highest BCUT2D eigenvalue weighted by atomic mass is 32.3. The van der Waals surface area contributed by atoms with Crippen molar-refractivity contribution in [3.05, 3.63) is 0 Å². The van der Waals surface area contributed by atoms with Crippen LogP contribution < -0.4 is 0 Å². The Morgan fingerprint density at radius 1 is 0.641 bits per heavy atom. The van der Waals surface area contributed by atoms with E-state index in [1.165, 1.54) is 23.5 Å². The lowest BCUT2D eigenvalue weighted by Gasteiger charge is -2.10. The second-order valence-electron chi connectivity index (χ2n) is 6.45. The molecule has 0 fully saturated rings. The molecule has 39 heavy (non-hydrogen) atoms. The molecule has 0 spiro atoms. The van der Waals surface area contributed by atoms with Crippen molar-refractivity contribution in [3.8, 4) is 0 Å². The zero-order chi connectivity index (χ0) is 28.7. The molecule has 2 N–H and O–H groups in total. The number of hydrogen-bond acceptors (Lipinski definition) is 18. The summed E-state index contributed by atoms with van der Waals surface area (Å²) in [5.74, 6) is 2.94. The van der Waals surface area contributed by atoms with Gasteiger partial charge in [-0.15, -0.1) is 94.1 Å². The maximum absolute atomic E-state index is 12.1. The van der Waals surface area contributed by atoms with Gasteiger partial charge in [-0.2, -0.15) is 0 Å². The van der Waals surface area contributed by atoms with E-state index >= 15 is 0 Å². The third-order valence-electron chi connectivity index (χ3n) is 3.34. The van der Waals surface area contributed by atoms with Crippen LogP contribution in [-0.2, 0) is 35.3 Å². The number of thioether (sulfide) groups is 10. The van der Waals surface area contributed by atoms with Crippen LogP contribution in [0, 0.1) is 0 Å². The van der Waals surface area contributed by atoms with Gasteiger partial charge in [0.15, 0.2) is 10.2 Å². The molecule has 0 heterocycles. The number of carbonyl (C=O) groups excluding carboxylic acids is 2. The number of ether oxygens (including phenoxy) is 1. The lowest BCUT2D eigenvalue weighted by molar-refractivity contribution is -0.293. The molecule has 0 aliphatic rings. The molecule has 0 aromatic rings. The highest BCUT2D eigenvalue weighted by Crippen LogP contribution is 2.24. The Morgan fingerprint density at radius 3 is 1.92 bits per heavy atom. The van der Waals surface area contributed by atoms with Crippen molar-refractivity contribution in [2.75, 3.05) is 102 Å². The third-order valence-corrected chi connectivity index (χ3v) is 17.6. The lowest BCUT2D eigenvalue weighted by atomic mass is 10.7. The first kappa shape index (κ1) is 41.8. The standard InChI is InChI=1S/C20H38O8S11/c21-1-3-26-19(23)9-31-13-34-12-30-7-8-39(25)18-37-16-35-15-36-17-38-20(24)10-32-14-33-11-29-6-5-28-27-4-2-22/h21-22H,1-18H2. The molecule has 0 saturated heterocycles. The van der Waals surface area contributed by atoms with Gasteiger partial charge in [-0.3, -0.25) is 9.59 Å². The monoisotopic (exact) mass is 758 g/mol. The van der Waals surface area contributed by atoms with E-state index in [4.69, 9.17) is 24.7 Å². The maximum Gasteiger partial charge on any atom is 0.316 e. The second-order valence-corrected chi connectivity index (χ2v) is 21.1. The minimum atomic E-state index is -0.809. The normalized spacial score (nSPS) is 12.1. The number of esters is 1. The molecule has 232 valence electrons. The molecule has 0 saturated carbocycles. The molecule has 0 aliphatic heterocycles. The van der Waals surface area contributed by atoms with E-state index in [2.05, 4.69) is 0 Å². The number of aliphatic hydroxyl groups excluding tert-OH is 2. The molecule has 0 rings (SSSR count). The van der Waals surface area contributed by atoms with Crippen molar-refractivity contribution < 1.29 is 38.9 Å². The first-order valence-corrected chi connectivity index (χ1v) is 24.3. The smallest absolute Gasteiger partial charge is 0.316 e. The summed E-state index contributed by atoms with van der Waals surface area (Å²) >= 11 is 16.0. The summed E-state index contributed by atoms with van der Waals surface area (Å²) in [4.78, 5) is 32.8. The van der Waals surface area contributed by atoms with Crippen molar-refractivity contribution in [1.29, 1.82) is 0 Å². The Balaban J connectivity index is 3.29. The van der Waals surface area contributed by atoms with E-state index in [1.807, 2.05) is 0 Å². The van der Waals surface area contributed by atoms with Gasteiger partial charge in [-0.05, 0) is 11.2 Å². The minimum Gasteiger partial charge on any atom is -0.616 e. The van der Waals surface area contributed by atoms with Crippen LogP contribution in [-0.4, -0.2) is 128 Å². The van der Waals surface area contributed by atoms with Gasteiger partial charge in [0.1, 0.15) is 19.0 Å². The van der Waals surface area contributed by atoms with Gasteiger partial charge in [0.2, 0.25) is 0 Å². The van der Waals surface area contributed by atoms with Gasteiger partial charge < -0.3 is 19.5 Å². The summed E-state index contributed by atoms with van der Waals surface area (Å²) in [6, 6.07) is 0. The van der Waals surface area contributed by atoms with Gasteiger partial charge in [-0.25, -0.2) is 9.78 Å². The molecule has 0 aliphatic carbocycles. The zero-order valence-electron chi connectivity index (χ0n) is 21.6. The molecular formula is C20H38O8S11. The van der Waals surface area contributed by atoms with Crippen molar-refractivity contribution in [1.82, 2.24) is 0 Å². The van der Waals surface area contributed by atoms with E-state index < -0.39 is 11.2 Å². The fourth-order valence-corrected chi connectivity index (χ4v) is 15.1. The largest absolute Gasteiger partial charge is 0.616 e. The minimum absolute atomic E-state index is 0.0422. The van der Waals surface area contributed by atoms with Crippen LogP contribution in [0.5, 0.6) is 0 Å². The molecule has 19 heteroatoms. The van der Waals surface area contributed by atoms with Crippen LogP contribution in [0.15, 0.2) is 0 Å². The number of aliphatic hydroxyl groups is 2. The summed E-state index contributed by atoms with van der Waals surface area (Å²) in [5.41, 5.74) is 0. The Kier molecular flexibility index (Phi) is 37.8. The second kappa shape index (κ2) is 35.3. The fraction of sp³-hybridized carbons (Fsp3) is 0.900. The van der Waals surface area contributed by atoms with Crippen molar-refractivity contribution in [3.63, 3.8) is 0 Å². The van der Waals surface area contributed by atoms with Gasteiger partial charge in [0.25, 0.3) is 0 Å². The molecule has 0 amide bonds. The molecule has 0 aromatic carbocycles. The quantitative estimate of drug-likeness (QED) is 0.0253. The number of rotatable bonds is 31. The average molecular weight is 759 g/mol. The lowest BCUT2D eigenvalue weighted by Crippen LogP contribution is -2.11. The van der Waals surface area contributed by atoms with Gasteiger partial charge in [0.05, 0.1) is 31.3 Å². The molecule has 0 bridgehead atoms. The van der Waals surface area contributed by atoms with E-state index in [0.717, 1.165) is 47.1 Å². The van der Waals surface area contributed by atoms with Crippen LogP contribution >= 0.6 is 118 Å². The summed E-state index contributed by atoms with van der Waals surface area (Å²) in [7, 11) is 0. The van der Waals surface area contributed by atoms with E-state index in [1.54, 1.807) is 94.1 Å². The first-order chi connectivity index (χ1) is 19.1. The molecule has 1 atom stereocenters. The summed E-state index contributed by atoms with van der Waals surface area (Å²) in [6.45, 7) is 0.564. The molecule has 0 aromatic heterocycles. The van der Waals surface area contributed by atoms with Gasteiger partial charge in [0, 0.05) is 47.1 Å². The maximum atomic E-state index is 12.1. The van der Waals surface area contributed by atoms with Crippen LogP contribution in [0.3, 0.4) is 0 Å². The summed E-state index contributed by atoms with van der Waals surface area (Å²) in [5, 5.41) is 24.2. The van der Waals surface area contributed by atoms with Crippen LogP contribution in [0.25, 0.3) is 0 Å². The van der Waals surface area contributed by atoms with Crippen molar-refractivity contribution in [2.45, 2.75) is 0 Å². The summed E-state index contributed by atoms with van der Waals surface area (Å²) < 4.78 is 16.9. The van der Waals surface area contributed by atoms with Crippen LogP contribution in [0.4, 0.5) is 0 Å². The van der Waals surface area contributed by atoms with Gasteiger partial charge in [-0.1, -0.05) is 23.5 Å². The van der Waals surface area contributed by atoms with Crippen LogP contribution in [0.2, 0.25) is 0 Å². The average Bonchev–Trinajstić information content (AvgIpc) is 2.93. The summed E-state index contributed by atoms with van der Waals surface area (Å²) in [6.07, 6.45) is 0. The van der Waals surface area contributed by atoms with E-state index in [9.17, 15) is 14.1 Å². The molecule has 8 nitrogen and oxygen atoms in total. The third kappa shape index (κ3) is 35.1. The van der Waals surface area contributed by atoms with Crippen LogP contribution in [0.1, 0.15) is 0 Å². The Labute approximate surface area is 278 Å². The Bertz CT molecular complexity index is 558. The predicted octanol–water partition coefficient (Wildman–Crippen LogP) is 4.73. The van der Waals surface area contributed by atoms with Crippen molar-refractivity contribution in [2.24, 2.45) is 0 Å². The van der Waals surface area contributed by atoms with E-state index in [-0.39, 0.29) is 37.5 Å². The number of hydrogen-bond donors (Lipinski definition) is 2. The topological polar surface area (TPSA) is 125 Å². The first-order valence-electron chi connectivity index (χ1n) is 11.4. The highest BCUT2D eigenvalue weighted by Gasteiger charge is 2.07. The van der Waals surface area contributed by atoms with E-state index in [0.29, 0.717) is 29.0 Å². The fourth-order valence-electron chi connectivity index (χ4n) is 1.79. The highest BCUT2D eigenvalue weighted by molar-refractivity contribution is 8.30. The molecule has 0 radical (unpaired) electrons. The van der Waals surface area contributed by atoms with Crippen molar-refractivity contribution >= 4 is 140 Å².